The lowest BCUT2D eigenvalue weighted by Gasteiger charge is -2.32. The third-order valence-electron chi connectivity index (χ3n) is 5.13. The average Bonchev–Trinajstić information content (AvgIpc) is 3.10. The Labute approximate surface area is 169 Å². The summed E-state index contributed by atoms with van der Waals surface area (Å²) >= 11 is 1.46. The van der Waals surface area contributed by atoms with Gasteiger partial charge in [0.15, 0.2) is 5.17 Å². The Morgan fingerprint density at radius 3 is 2.39 bits per heavy atom. The molecule has 0 aromatic heterocycles. The van der Waals surface area contributed by atoms with Gasteiger partial charge in [0, 0.05) is 0 Å². The Kier molecular flexibility index (Phi) is 5.90. The normalized spacial score (nSPS) is 19.3. The lowest BCUT2D eigenvalue weighted by Crippen LogP contribution is -3.15. The molecular formula is C22H24N3O2S+. The van der Waals surface area contributed by atoms with Crippen molar-refractivity contribution in [2.24, 2.45) is 4.99 Å². The number of aliphatic imine (C=N–C) groups is 1. The molecule has 0 spiro atoms. The van der Waals surface area contributed by atoms with Gasteiger partial charge in [0.25, 0.3) is 5.91 Å². The Morgan fingerprint density at radius 2 is 1.71 bits per heavy atom. The molecule has 0 radical (unpaired) electrons. The number of aliphatic hydroxyl groups is 1. The van der Waals surface area contributed by atoms with Crippen molar-refractivity contribution in [2.45, 2.75) is 0 Å². The highest BCUT2D eigenvalue weighted by Gasteiger charge is 2.29. The van der Waals surface area contributed by atoms with Crippen LogP contribution in [0, 0.1) is 0 Å². The van der Waals surface area contributed by atoms with E-state index in [9.17, 15) is 4.79 Å². The fourth-order valence-electron chi connectivity index (χ4n) is 3.51. The first-order valence-corrected chi connectivity index (χ1v) is 10.4. The van der Waals surface area contributed by atoms with Gasteiger partial charge in [0.05, 0.1) is 37.7 Å². The van der Waals surface area contributed by atoms with Crippen LogP contribution < -0.4 is 4.90 Å². The van der Waals surface area contributed by atoms with Crippen LogP contribution in [-0.2, 0) is 4.79 Å². The van der Waals surface area contributed by atoms with Gasteiger partial charge in [-0.1, -0.05) is 54.6 Å². The van der Waals surface area contributed by atoms with Gasteiger partial charge in [-0.15, -0.1) is 0 Å². The molecule has 1 saturated heterocycles. The third-order valence-corrected chi connectivity index (χ3v) is 6.18. The zero-order valence-corrected chi connectivity index (χ0v) is 16.5. The zero-order chi connectivity index (χ0) is 19.3. The zero-order valence-electron chi connectivity index (χ0n) is 15.7. The molecule has 144 valence electrons. The molecular weight excluding hydrogens is 370 g/mol. The molecule has 4 rings (SSSR count). The van der Waals surface area contributed by atoms with E-state index in [0.717, 1.165) is 49.0 Å². The van der Waals surface area contributed by atoms with Gasteiger partial charge in [-0.2, -0.15) is 4.99 Å². The molecule has 1 amide bonds. The summed E-state index contributed by atoms with van der Waals surface area (Å²) in [6, 6.07) is 18.5. The van der Waals surface area contributed by atoms with Gasteiger partial charge in [-0.05, 0) is 34.5 Å². The maximum absolute atomic E-state index is 12.3. The molecule has 5 nitrogen and oxygen atoms in total. The summed E-state index contributed by atoms with van der Waals surface area (Å²) in [5.74, 6) is -0.155. The number of nitrogens with one attached hydrogen (secondary N) is 1. The van der Waals surface area contributed by atoms with E-state index in [2.05, 4.69) is 34.2 Å². The minimum atomic E-state index is -0.155. The molecule has 2 aromatic rings. The van der Waals surface area contributed by atoms with Crippen molar-refractivity contribution in [1.82, 2.24) is 4.90 Å². The summed E-state index contributed by atoms with van der Waals surface area (Å²) in [6.45, 7) is 4.68. The van der Waals surface area contributed by atoms with Crippen molar-refractivity contribution in [3.63, 3.8) is 0 Å². The van der Waals surface area contributed by atoms with Gasteiger partial charge < -0.3 is 14.9 Å². The van der Waals surface area contributed by atoms with E-state index in [-0.39, 0.29) is 12.5 Å². The first kappa shape index (κ1) is 18.9. The maximum atomic E-state index is 12.3. The molecule has 1 fully saturated rings. The molecule has 6 heteroatoms. The number of carbonyl (C=O) groups excluding carboxylic acids is 1. The Balaban J connectivity index is 1.41. The second-order valence-corrected chi connectivity index (χ2v) is 8.02. The maximum Gasteiger partial charge on any atom is 0.286 e. The average molecular weight is 395 g/mol. The van der Waals surface area contributed by atoms with Crippen LogP contribution in [0.5, 0.6) is 0 Å². The molecule has 2 aliphatic rings. The first-order valence-electron chi connectivity index (χ1n) is 9.60. The number of nitrogens with zero attached hydrogens (tertiary/aromatic N) is 2. The van der Waals surface area contributed by atoms with E-state index in [1.165, 1.54) is 22.2 Å². The summed E-state index contributed by atoms with van der Waals surface area (Å²) < 4.78 is 0. The SMILES string of the molecule is O=C1N=C(N2CC[NH+](CCO)CC2)S/C1=C/c1ccc(-c2ccccc2)cc1. The van der Waals surface area contributed by atoms with Crippen LogP contribution in [0.4, 0.5) is 0 Å². The number of amidine groups is 1. The lowest BCUT2D eigenvalue weighted by molar-refractivity contribution is -0.904. The van der Waals surface area contributed by atoms with Crippen molar-refractivity contribution < 1.29 is 14.8 Å². The third kappa shape index (κ3) is 4.35. The second-order valence-electron chi connectivity index (χ2n) is 7.01. The van der Waals surface area contributed by atoms with E-state index >= 15 is 0 Å². The summed E-state index contributed by atoms with van der Waals surface area (Å²) in [7, 11) is 0. The molecule has 0 unspecified atom stereocenters. The van der Waals surface area contributed by atoms with Crippen molar-refractivity contribution in [1.29, 1.82) is 0 Å². The number of carbonyl (C=O) groups is 1. The molecule has 28 heavy (non-hydrogen) atoms. The number of benzene rings is 2. The second kappa shape index (κ2) is 8.73. The topological polar surface area (TPSA) is 57.3 Å². The van der Waals surface area contributed by atoms with E-state index in [1.54, 1.807) is 0 Å². The fourth-order valence-corrected chi connectivity index (χ4v) is 4.47. The van der Waals surface area contributed by atoms with Crippen LogP contribution in [0.1, 0.15) is 5.56 Å². The molecule has 0 atom stereocenters. The Hall–Kier alpha value is -2.41. The summed E-state index contributed by atoms with van der Waals surface area (Å²) in [5.41, 5.74) is 3.35. The number of thioether (sulfide) groups is 1. The molecule has 2 aromatic carbocycles. The number of hydrogen-bond donors (Lipinski definition) is 2. The summed E-state index contributed by atoms with van der Waals surface area (Å²) in [6.07, 6.45) is 1.92. The minimum Gasteiger partial charge on any atom is -0.391 e. The number of rotatable bonds is 4. The van der Waals surface area contributed by atoms with E-state index in [1.807, 2.05) is 36.4 Å². The van der Waals surface area contributed by atoms with Gasteiger partial charge in [-0.3, -0.25) is 4.79 Å². The highest BCUT2D eigenvalue weighted by Crippen LogP contribution is 2.30. The molecule has 2 N–H and O–H groups in total. The molecule has 0 saturated carbocycles. The Morgan fingerprint density at radius 1 is 1.04 bits per heavy atom. The van der Waals surface area contributed by atoms with Crippen LogP contribution in [0.2, 0.25) is 0 Å². The van der Waals surface area contributed by atoms with Crippen LogP contribution in [0.3, 0.4) is 0 Å². The van der Waals surface area contributed by atoms with E-state index in [4.69, 9.17) is 5.11 Å². The largest absolute Gasteiger partial charge is 0.391 e. The van der Waals surface area contributed by atoms with Crippen molar-refractivity contribution in [3.8, 4) is 11.1 Å². The van der Waals surface area contributed by atoms with Gasteiger partial charge in [0.2, 0.25) is 0 Å². The first-order chi connectivity index (χ1) is 13.7. The smallest absolute Gasteiger partial charge is 0.286 e. The monoisotopic (exact) mass is 394 g/mol. The number of hydrogen-bond acceptors (Lipinski definition) is 4. The molecule has 0 bridgehead atoms. The number of amides is 1. The highest BCUT2D eigenvalue weighted by atomic mass is 32.2. The molecule has 2 heterocycles. The van der Waals surface area contributed by atoms with Crippen molar-refractivity contribution >= 4 is 28.9 Å². The van der Waals surface area contributed by atoms with E-state index < -0.39 is 0 Å². The van der Waals surface area contributed by atoms with Crippen LogP contribution in [0.25, 0.3) is 17.2 Å². The number of aliphatic hydroxyl groups excluding tert-OH is 1. The number of piperazine rings is 1. The van der Waals surface area contributed by atoms with Crippen LogP contribution in [0.15, 0.2) is 64.5 Å². The minimum absolute atomic E-state index is 0.155. The predicted molar refractivity (Wildman–Crippen MR) is 114 cm³/mol. The lowest BCUT2D eigenvalue weighted by atomic mass is 10.0. The van der Waals surface area contributed by atoms with Gasteiger partial charge >= 0.3 is 0 Å². The Bertz CT molecular complexity index is 886. The van der Waals surface area contributed by atoms with E-state index in [0.29, 0.717) is 4.91 Å². The predicted octanol–water partition coefficient (Wildman–Crippen LogP) is 1.52. The highest BCUT2D eigenvalue weighted by molar-refractivity contribution is 8.18. The van der Waals surface area contributed by atoms with Gasteiger partial charge in [-0.25, -0.2) is 0 Å². The summed E-state index contributed by atoms with van der Waals surface area (Å²) in [5, 5.41) is 9.88. The molecule has 0 aliphatic carbocycles. The molecule has 2 aliphatic heterocycles. The fraction of sp³-hybridized carbons (Fsp3) is 0.273. The van der Waals surface area contributed by atoms with Crippen molar-refractivity contribution in [2.75, 3.05) is 39.3 Å². The van der Waals surface area contributed by atoms with Crippen LogP contribution >= 0.6 is 11.8 Å². The standard InChI is InChI=1S/C22H23N3O2S/c26-15-14-24-10-12-25(13-11-24)22-23-21(27)20(28-22)16-17-6-8-19(9-7-17)18-4-2-1-3-5-18/h1-9,16,26H,10-15H2/p+1/b20-16+. The summed E-state index contributed by atoms with van der Waals surface area (Å²) in [4.78, 5) is 20.9. The quantitative estimate of drug-likeness (QED) is 0.772. The number of quaternary nitrogens is 1. The van der Waals surface area contributed by atoms with Gasteiger partial charge in [0.1, 0.15) is 6.54 Å². The van der Waals surface area contributed by atoms with Crippen molar-refractivity contribution in [3.05, 3.63) is 65.1 Å². The van der Waals surface area contributed by atoms with Crippen LogP contribution in [-0.4, -0.2) is 60.4 Å².